The first-order valence-electron chi connectivity index (χ1n) is 4.31. The van der Waals surface area contributed by atoms with Crippen molar-refractivity contribution < 1.29 is 13.7 Å². The van der Waals surface area contributed by atoms with Gasteiger partial charge in [-0.2, -0.15) is 0 Å². The Balaban J connectivity index is 2.32. The van der Waals surface area contributed by atoms with Crippen molar-refractivity contribution in [2.75, 3.05) is 18.6 Å². The molecule has 1 saturated heterocycles. The van der Waals surface area contributed by atoms with Gasteiger partial charge in [-0.15, -0.1) is 0 Å². The van der Waals surface area contributed by atoms with Gasteiger partial charge in [0, 0.05) is 35.5 Å². The fourth-order valence-corrected chi connectivity index (χ4v) is 2.62. The number of carbonyl (C=O) groups excluding carboxylic acids is 1. The molecule has 3 atom stereocenters. The minimum Gasteiger partial charge on any atom is -0.372 e. The normalized spacial score (nSPS) is 30.0. The Morgan fingerprint density at radius 1 is 1.69 bits per heavy atom. The maximum atomic E-state index is 11.3. The molecule has 0 spiro atoms. The van der Waals surface area contributed by atoms with Crippen LogP contribution in [0.25, 0.3) is 0 Å². The van der Waals surface area contributed by atoms with Gasteiger partial charge in [0.25, 0.3) is 0 Å². The van der Waals surface area contributed by atoms with E-state index in [-0.39, 0.29) is 11.9 Å². The molecule has 0 aliphatic carbocycles. The fourth-order valence-electron chi connectivity index (χ4n) is 1.20. The van der Waals surface area contributed by atoms with Crippen LogP contribution in [0.4, 0.5) is 0 Å². The van der Waals surface area contributed by atoms with Crippen LogP contribution in [0.15, 0.2) is 0 Å². The van der Waals surface area contributed by atoms with E-state index in [4.69, 9.17) is 4.74 Å². The summed E-state index contributed by atoms with van der Waals surface area (Å²) >= 11 is 0. The Morgan fingerprint density at radius 3 is 2.85 bits per heavy atom. The van der Waals surface area contributed by atoms with Crippen LogP contribution in [-0.4, -0.2) is 40.9 Å². The third-order valence-corrected chi connectivity index (χ3v) is 3.62. The first-order chi connectivity index (χ1) is 6.13. The number of hydrogen-bond acceptors (Lipinski definition) is 3. The minimum atomic E-state index is -0.740. The number of hydrogen-bond donors (Lipinski definition) is 1. The van der Waals surface area contributed by atoms with Crippen LogP contribution in [0.5, 0.6) is 0 Å². The lowest BCUT2D eigenvalue weighted by Crippen LogP contribution is -2.41. The highest BCUT2D eigenvalue weighted by molar-refractivity contribution is 7.85. The van der Waals surface area contributed by atoms with Crippen molar-refractivity contribution in [1.29, 1.82) is 0 Å². The summed E-state index contributed by atoms with van der Waals surface area (Å²) < 4.78 is 15.9. The van der Waals surface area contributed by atoms with Crippen LogP contribution in [0.1, 0.15) is 13.3 Å². The SMILES string of the molecule is COC(C)C(=O)NC1CCS(=O)C1. The summed E-state index contributed by atoms with van der Waals surface area (Å²) in [6.07, 6.45) is 0.392. The van der Waals surface area contributed by atoms with Gasteiger partial charge >= 0.3 is 0 Å². The molecule has 1 fully saturated rings. The predicted molar refractivity (Wildman–Crippen MR) is 50.9 cm³/mol. The Hall–Kier alpha value is -0.420. The van der Waals surface area contributed by atoms with Gasteiger partial charge in [-0.3, -0.25) is 9.00 Å². The molecule has 4 nitrogen and oxygen atoms in total. The molecule has 0 aromatic rings. The molecule has 0 aromatic carbocycles. The number of nitrogens with one attached hydrogen (secondary N) is 1. The summed E-state index contributed by atoms with van der Waals surface area (Å²) in [5, 5.41) is 2.80. The topological polar surface area (TPSA) is 55.4 Å². The summed E-state index contributed by atoms with van der Waals surface area (Å²) in [6, 6.07) is 0.0749. The Bertz CT molecular complexity index is 219. The van der Waals surface area contributed by atoms with Crippen LogP contribution < -0.4 is 5.32 Å². The molecular weight excluding hydrogens is 190 g/mol. The lowest BCUT2D eigenvalue weighted by atomic mass is 10.2. The second-order valence-corrected chi connectivity index (χ2v) is 4.80. The molecule has 0 bridgehead atoms. The molecule has 0 saturated carbocycles. The monoisotopic (exact) mass is 205 g/mol. The van der Waals surface area contributed by atoms with Crippen molar-refractivity contribution in [3.05, 3.63) is 0 Å². The number of rotatable bonds is 3. The molecule has 13 heavy (non-hydrogen) atoms. The standard InChI is InChI=1S/C8H15NO3S/c1-6(12-2)8(10)9-7-3-4-13(11)5-7/h6-7H,3-5H2,1-2H3,(H,9,10). The van der Waals surface area contributed by atoms with Gasteiger partial charge in [0.2, 0.25) is 5.91 Å². The quantitative estimate of drug-likeness (QED) is 0.685. The van der Waals surface area contributed by atoms with Gasteiger partial charge in [-0.25, -0.2) is 0 Å². The summed E-state index contributed by atoms with van der Waals surface area (Å²) in [6.45, 7) is 1.70. The van der Waals surface area contributed by atoms with Crippen LogP contribution in [0.2, 0.25) is 0 Å². The zero-order valence-corrected chi connectivity index (χ0v) is 8.73. The molecule has 3 unspecified atom stereocenters. The number of methoxy groups -OCH3 is 1. The Labute approximate surface area is 80.5 Å². The zero-order valence-electron chi connectivity index (χ0n) is 7.91. The van der Waals surface area contributed by atoms with Gasteiger partial charge in [0.15, 0.2) is 0 Å². The third-order valence-electron chi connectivity index (χ3n) is 2.15. The van der Waals surface area contributed by atoms with Crippen molar-refractivity contribution in [1.82, 2.24) is 5.32 Å². The molecule has 1 heterocycles. The summed E-state index contributed by atoms with van der Waals surface area (Å²) in [5.41, 5.74) is 0. The molecule has 5 heteroatoms. The smallest absolute Gasteiger partial charge is 0.249 e. The van der Waals surface area contributed by atoms with Crippen LogP contribution in [-0.2, 0) is 20.3 Å². The van der Waals surface area contributed by atoms with E-state index in [1.54, 1.807) is 6.92 Å². The molecule has 1 amide bonds. The summed E-state index contributed by atoms with van der Waals surface area (Å²) in [4.78, 5) is 11.3. The second-order valence-electron chi connectivity index (χ2n) is 3.18. The molecule has 0 radical (unpaired) electrons. The molecule has 0 aromatic heterocycles. The van der Waals surface area contributed by atoms with Gasteiger partial charge in [0.05, 0.1) is 0 Å². The lowest BCUT2D eigenvalue weighted by Gasteiger charge is -2.14. The fraction of sp³-hybridized carbons (Fsp3) is 0.875. The van der Waals surface area contributed by atoms with E-state index >= 15 is 0 Å². The average molecular weight is 205 g/mol. The summed E-state index contributed by atoms with van der Waals surface area (Å²) in [7, 11) is 0.757. The molecule has 1 aliphatic rings. The van der Waals surface area contributed by atoms with Gasteiger partial charge in [0.1, 0.15) is 6.10 Å². The van der Waals surface area contributed by atoms with Crippen molar-refractivity contribution in [3.63, 3.8) is 0 Å². The maximum Gasteiger partial charge on any atom is 0.249 e. The van der Waals surface area contributed by atoms with E-state index in [0.29, 0.717) is 11.5 Å². The number of amides is 1. The van der Waals surface area contributed by atoms with Crippen LogP contribution in [0, 0.1) is 0 Å². The predicted octanol–water partition coefficient (Wildman–Crippen LogP) is -0.341. The van der Waals surface area contributed by atoms with E-state index in [9.17, 15) is 9.00 Å². The molecule has 76 valence electrons. The first kappa shape index (κ1) is 10.7. The van der Waals surface area contributed by atoms with E-state index in [1.807, 2.05) is 0 Å². The Morgan fingerprint density at radius 2 is 2.38 bits per heavy atom. The van der Waals surface area contributed by atoms with E-state index < -0.39 is 16.9 Å². The van der Waals surface area contributed by atoms with Gasteiger partial charge < -0.3 is 10.1 Å². The largest absolute Gasteiger partial charge is 0.372 e. The minimum absolute atomic E-state index is 0.0749. The maximum absolute atomic E-state index is 11.3. The third kappa shape index (κ3) is 3.08. The highest BCUT2D eigenvalue weighted by atomic mass is 32.2. The molecule has 1 rings (SSSR count). The van der Waals surface area contributed by atoms with E-state index in [0.717, 1.165) is 6.42 Å². The second kappa shape index (κ2) is 4.72. The van der Waals surface area contributed by atoms with Crippen molar-refractivity contribution in [3.8, 4) is 0 Å². The van der Waals surface area contributed by atoms with Gasteiger partial charge in [-0.1, -0.05) is 0 Å². The summed E-state index contributed by atoms with van der Waals surface area (Å²) in [5.74, 6) is 1.17. The highest BCUT2D eigenvalue weighted by Gasteiger charge is 2.24. The molecule has 1 aliphatic heterocycles. The van der Waals surface area contributed by atoms with Crippen molar-refractivity contribution >= 4 is 16.7 Å². The van der Waals surface area contributed by atoms with Crippen LogP contribution >= 0.6 is 0 Å². The van der Waals surface area contributed by atoms with Crippen LogP contribution in [0.3, 0.4) is 0 Å². The van der Waals surface area contributed by atoms with Gasteiger partial charge in [-0.05, 0) is 13.3 Å². The van der Waals surface area contributed by atoms with Crippen molar-refractivity contribution in [2.24, 2.45) is 0 Å². The Kier molecular flexibility index (Phi) is 3.87. The van der Waals surface area contributed by atoms with E-state index in [2.05, 4.69) is 5.32 Å². The number of carbonyl (C=O) groups is 1. The first-order valence-corrected chi connectivity index (χ1v) is 5.80. The zero-order chi connectivity index (χ0) is 9.84. The van der Waals surface area contributed by atoms with Crippen molar-refractivity contribution in [2.45, 2.75) is 25.5 Å². The molecular formula is C8H15NO3S. The number of ether oxygens (including phenoxy) is 1. The molecule has 1 N–H and O–H groups in total. The average Bonchev–Trinajstić information content (AvgIpc) is 2.49. The highest BCUT2D eigenvalue weighted by Crippen LogP contribution is 2.07. The van der Waals surface area contributed by atoms with E-state index in [1.165, 1.54) is 7.11 Å². The lowest BCUT2D eigenvalue weighted by molar-refractivity contribution is -0.130.